The zero-order valence-electron chi connectivity index (χ0n) is 12.2. The molecule has 1 aliphatic heterocycles. The first-order valence-corrected chi connectivity index (χ1v) is 7.80. The molecule has 2 N–H and O–H groups in total. The number of aryl methyl sites for hydroxylation is 1. The molecule has 7 heteroatoms. The normalized spacial score (nSPS) is 21.2. The SMILES string of the molecule is CCN(C(=O)NCc1sccc1C)C1COCC1C(=O)O. The largest absolute Gasteiger partial charge is 0.481 e. The van der Waals surface area contributed by atoms with Crippen molar-refractivity contribution in [3.63, 3.8) is 0 Å². The number of likely N-dealkylation sites (N-methyl/N-ethyl adjacent to an activating group) is 1. The number of rotatable bonds is 5. The smallest absolute Gasteiger partial charge is 0.318 e. The van der Waals surface area contributed by atoms with Gasteiger partial charge in [0, 0.05) is 11.4 Å². The fourth-order valence-electron chi connectivity index (χ4n) is 2.46. The highest BCUT2D eigenvalue weighted by Gasteiger charge is 2.39. The molecule has 1 fully saturated rings. The summed E-state index contributed by atoms with van der Waals surface area (Å²) in [5, 5.41) is 14.0. The van der Waals surface area contributed by atoms with E-state index in [1.54, 1.807) is 16.2 Å². The van der Waals surface area contributed by atoms with E-state index in [9.17, 15) is 14.7 Å². The van der Waals surface area contributed by atoms with Crippen molar-refractivity contribution in [1.82, 2.24) is 10.2 Å². The minimum absolute atomic E-state index is 0.161. The zero-order chi connectivity index (χ0) is 15.4. The molecule has 0 saturated carbocycles. The third-order valence-corrected chi connectivity index (χ3v) is 4.76. The number of ether oxygens (including phenoxy) is 1. The summed E-state index contributed by atoms with van der Waals surface area (Å²) < 4.78 is 5.23. The summed E-state index contributed by atoms with van der Waals surface area (Å²) in [5.41, 5.74) is 1.15. The zero-order valence-corrected chi connectivity index (χ0v) is 13.0. The van der Waals surface area contributed by atoms with Gasteiger partial charge in [-0.3, -0.25) is 4.79 Å². The molecule has 1 aliphatic rings. The highest BCUT2D eigenvalue weighted by molar-refractivity contribution is 7.10. The number of aliphatic carboxylic acids is 1. The van der Waals surface area contributed by atoms with Crippen LogP contribution in [0.25, 0.3) is 0 Å². The van der Waals surface area contributed by atoms with Gasteiger partial charge in [0.15, 0.2) is 0 Å². The lowest BCUT2D eigenvalue weighted by atomic mass is 10.0. The molecule has 2 heterocycles. The fraction of sp³-hybridized carbons (Fsp3) is 0.571. The number of hydrogen-bond donors (Lipinski definition) is 2. The summed E-state index contributed by atoms with van der Waals surface area (Å²) in [5.74, 6) is -1.57. The van der Waals surface area contributed by atoms with Gasteiger partial charge in [0.2, 0.25) is 0 Å². The summed E-state index contributed by atoms with van der Waals surface area (Å²) in [4.78, 5) is 26.2. The molecule has 2 amide bonds. The third kappa shape index (κ3) is 3.54. The molecule has 0 bridgehead atoms. The number of carbonyl (C=O) groups is 2. The lowest BCUT2D eigenvalue weighted by Crippen LogP contribution is -2.50. The predicted molar refractivity (Wildman–Crippen MR) is 79.4 cm³/mol. The van der Waals surface area contributed by atoms with Crippen LogP contribution in [-0.4, -0.2) is 47.8 Å². The maximum absolute atomic E-state index is 12.3. The Kier molecular flexibility index (Phi) is 5.19. The van der Waals surface area contributed by atoms with Gasteiger partial charge in [0.05, 0.1) is 25.8 Å². The second-order valence-electron chi connectivity index (χ2n) is 5.02. The van der Waals surface area contributed by atoms with E-state index in [4.69, 9.17) is 4.74 Å². The van der Waals surface area contributed by atoms with E-state index in [-0.39, 0.29) is 19.2 Å². The van der Waals surface area contributed by atoms with Crippen molar-refractivity contribution < 1.29 is 19.4 Å². The molecule has 0 aromatic carbocycles. The van der Waals surface area contributed by atoms with Crippen molar-refractivity contribution in [2.45, 2.75) is 26.4 Å². The van der Waals surface area contributed by atoms with Gasteiger partial charge in [-0.25, -0.2) is 4.79 Å². The van der Waals surface area contributed by atoms with Gasteiger partial charge in [-0.15, -0.1) is 11.3 Å². The topological polar surface area (TPSA) is 78.9 Å². The number of carboxylic acid groups (broad SMARTS) is 1. The summed E-state index contributed by atoms with van der Waals surface area (Å²) in [6, 6.07) is 1.36. The number of hydrogen-bond acceptors (Lipinski definition) is 4. The summed E-state index contributed by atoms with van der Waals surface area (Å²) in [7, 11) is 0. The maximum Gasteiger partial charge on any atom is 0.318 e. The fourth-order valence-corrected chi connectivity index (χ4v) is 3.30. The minimum atomic E-state index is -0.919. The molecule has 1 aromatic rings. The van der Waals surface area contributed by atoms with E-state index in [2.05, 4.69) is 5.32 Å². The summed E-state index contributed by atoms with van der Waals surface area (Å²) in [6.45, 7) is 5.19. The summed E-state index contributed by atoms with van der Waals surface area (Å²) >= 11 is 1.60. The molecule has 2 rings (SSSR count). The molecule has 2 unspecified atom stereocenters. The highest BCUT2D eigenvalue weighted by Crippen LogP contribution is 2.20. The number of urea groups is 1. The van der Waals surface area contributed by atoms with Crippen LogP contribution in [0.5, 0.6) is 0 Å². The van der Waals surface area contributed by atoms with E-state index in [1.165, 1.54) is 0 Å². The Morgan fingerprint density at radius 2 is 2.29 bits per heavy atom. The van der Waals surface area contributed by atoms with Crippen LogP contribution in [-0.2, 0) is 16.1 Å². The first-order chi connectivity index (χ1) is 10.0. The number of nitrogens with zero attached hydrogens (tertiary/aromatic N) is 1. The molecule has 6 nitrogen and oxygen atoms in total. The lowest BCUT2D eigenvalue weighted by molar-refractivity contribution is -0.142. The number of amides is 2. The first-order valence-electron chi connectivity index (χ1n) is 6.92. The molecule has 0 radical (unpaired) electrons. The number of carboxylic acids is 1. The van der Waals surface area contributed by atoms with Gasteiger partial charge in [-0.05, 0) is 30.9 Å². The van der Waals surface area contributed by atoms with Crippen LogP contribution in [0.4, 0.5) is 4.79 Å². The maximum atomic E-state index is 12.3. The molecule has 0 aliphatic carbocycles. The Hall–Kier alpha value is -1.60. The van der Waals surface area contributed by atoms with E-state index < -0.39 is 17.9 Å². The standard InChI is InChI=1S/C14H20N2O4S/c1-3-16(11-8-20-7-10(11)13(17)18)14(19)15-6-12-9(2)4-5-21-12/h4-5,10-11H,3,6-8H2,1-2H3,(H,15,19)(H,17,18). The average Bonchev–Trinajstić information content (AvgIpc) is 3.06. The number of nitrogens with one attached hydrogen (secondary N) is 1. The first kappa shape index (κ1) is 15.8. The molecule has 1 aromatic heterocycles. The molecular weight excluding hydrogens is 292 g/mol. The Labute approximate surface area is 127 Å². The lowest BCUT2D eigenvalue weighted by Gasteiger charge is -2.29. The third-order valence-electron chi connectivity index (χ3n) is 3.74. The molecule has 21 heavy (non-hydrogen) atoms. The van der Waals surface area contributed by atoms with Gasteiger partial charge in [0.25, 0.3) is 0 Å². The predicted octanol–water partition coefficient (Wildman–Crippen LogP) is 1.69. The Morgan fingerprint density at radius 3 is 2.86 bits per heavy atom. The molecular formula is C14H20N2O4S. The summed E-state index contributed by atoms with van der Waals surface area (Å²) in [6.07, 6.45) is 0. The van der Waals surface area contributed by atoms with Crippen LogP contribution in [0.3, 0.4) is 0 Å². The molecule has 2 atom stereocenters. The van der Waals surface area contributed by atoms with Crippen LogP contribution in [0, 0.1) is 12.8 Å². The average molecular weight is 312 g/mol. The molecule has 116 valence electrons. The van der Waals surface area contributed by atoms with E-state index in [0.29, 0.717) is 13.1 Å². The molecule has 0 spiro atoms. The van der Waals surface area contributed by atoms with Crippen molar-refractivity contribution >= 4 is 23.3 Å². The van der Waals surface area contributed by atoms with Crippen LogP contribution >= 0.6 is 11.3 Å². The van der Waals surface area contributed by atoms with Crippen molar-refractivity contribution in [3.8, 4) is 0 Å². The van der Waals surface area contributed by atoms with Crippen molar-refractivity contribution in [3.05, 3.63) is 21.9 Å². The Balaban J connectivity index is 1.98. The minimum Gasteiger partial charge on any atom is -0.481 e. The van der Waals surface area contributed by atoms with Crippen molar-refractivity contribution in [2.24, 2.45) is 5.92 Å². The van der Waals surface area contributed by atoms with E-state index >= 15 is 0 Å². The monoisotopic (exact) mass is 312 g/mol. The van der Waals surface area contributed by atoms with Crippen LogP contribution in [0.1, 0.15) is 17.4 Å². The van der Waals surface area contributed by atoms with Crippen molar-refractivity contribution in [1.29, 1.82) is 0 Å². The second kappa shape index (κ2) is 6.91. The van der Waals surface area contributed by atoms with Crippen LogP contribution < -0.4 is 5.32 Å². The quantitative estimate of drug-likeness (QED) is 0.867. The van der Waals surface area contributed by atoms with Crippen LogP contribution in [0.15, 0.2) is 11.4 Å². The van der Waals surface area contributed by atoms with Crippen LogP contribution in [0.2, 0.25) is 0 Å². The van der Waals surface area contributed by atoms with Gasteiger partial charge < -0.3 is 20.1 Å². The Morgan fingerprint density at radius 1 is 1.52 bits per heavy atom. The van der Waals surface area contributed by atoms with Gasteiger partial charge >= 0.3 is 12.0 Å². The molecule has 1 saturated heterocycles. The van der Waals surface area contributed by atoms with Crippen molar-refractivity contribution in [2.75, 3.05) is 19.8 Å². The van der Waals surface area contributed by atoms with Gasteiger partial charge in [-0.2, -0.15) is 0 Å². The Bertz CT molecular complexity index is 517. The van der Waals surface area contributed by atoms with E-state index in [0.717, 1.165) is 10.4 Å². The number of thiophene rings is 1. The number of carbonyl (C=O) groups excluding carboxylic acids is 1. The van der Waals surface area contributed by atoms with Gasteiger partial charge in [-0.1, -0.05) is 0 Å². The second-order valence-corrected chi connectivity index (χ2v) is 6.02. The highest BCUT2D eigenvalue weighted by atomic mass is 32.1. The van der Waals surface area contributed by atoms with E-state index in [1.807, 2.05) is 25.3 Å². The van der Waals surface area contributed by atoms with Gasteiger partial charge in [0.1, 0.15) is 5.92 Å².